The highest BCUT2D eigenvalue weighted by molar-refractivity contribution is 6.07. The van der Waals surface area contributed by atoms with Crippen LogP contribution in [0.4, 0.5) is 15.8 Å². The maximum absolute atomic E-state index is 13.8. The molecule has 3 aromatic rings. The Kier molecular flexibility index (Phi) is 8.87. The fourth-order valence-electron chi connectivity index (χ4n) is 5.22. The number of hydrogen-bond donors (Lipinski definition) is 2. The third kappa shape index (κ3) is 6.31. The minimum atomic E-state index is -0.513. The Bertz CT molecular complexity index is 1470. The van der Waals surface area contributed by atoms with E-state index in [2.05, 4.69) is 15.5 Å². The zero-order valence-electron chi connectivity index (χ0n) is 23.7. The fourth-order valence-corrected chi connectivity index (χ4v) is 5.22. The van der Waals surface area contributed by atoms with Crippen molar-refractivity contribution in [2.45, 2.75) is 0 Å². The van der Waals surface area contributed by atoms with E-state index in [0.717, 1.165) is 18.8 Å². The zero-order valence-corrected chi connectivity index (χ0v) is 23.7. The maximum atomic E-state index is 13.8. The molecular weight excluding hydrogens is 541 g/mol. The fraction of sp³-hybridized carbons (Fsp3) is 0.323. The molecule has 2 aliphatic heterocycles. The molecule has 0 saturated carbocycles. The van der Waals surface area contributed by atoms with E-state index in [1.807, 2.05) is 6.07 Å². The molecule has 5 rings (SSSR count). The molecule has 2 fully saturated rings. The summed E-state index contributed by atoms with van der Waals surface area (Å²) in [5.41, 5.74) is 2.29. The van der Waals surface area contributed by atoms with Crippen LogP contribution in [0.15, 0.2) is 60.7 Å². The molecule has 0 unspecified atom stereocenters. The number of methoxy groups -OCH3 is 2. The molecule has 2 aliphatic rings. The number of nitrogens with one attached hydrogen (secondary N) is 2. The Morgan fingerprint density at radius 1 is 0.738 bits per heavy atom. The number of nitrogens with zero attached hydrogens (tertiary/aromatic N) is 3. The number of carbonyl (C=O) groups excluding carboxylic acids is 3. The average Bonchev–Trinajstić information content (AvgIpc) is 3.04. The lowest BCUT2D eigenvalue weighted by atomic mass is 10.1. The third-order valence-electron chi connectivity index (χ3n) is 7.52. The molecule has 3 aromatic carbocycles. The van der Waals surface area contributed by atoms with Crippen LogP contribution in [0.2, 0.25) is 0 Å². The van der Waals surface area contributed by atoms with Gasteiger partial charge in [-0.15, -0.1) is 0 Å². The van der Waals surface area contributed by atoms with Crippen molar-refractivity contribution in [1.82, 2.24) is 15.1 Å². The molecule has 10 nitrogen and oxygen atoms in total. The Hall–Kier alpha value is -4.64. The number of amides is 3. The quantitative estimate of drug-likeness (QED) is 0.446. The molecule has 3 amide bonds. The van der Waals surface area contributed by atoms with Crippen LogP contribution in [0, 0.1) is 5.82 Å². The lowest BCUT2D eigenvalue weighted by Gasteiger charge is -2.37. The van der Waals surface area contributed by atoms with Crippen molar-refractivity contribution >= 4 is 29.1 Å². The first-order chi connectivity index (χ1) is 20.4. The molecule has 2 saturated heterocycles. The molecule has 220 valence electrons. The molecular formula is C31H34FN5O5. The minimum absolute atomic E-state index is 0.116. The van der Waals surface area contributed by atoms with Gasteiger partial charge in [0.2, 0.25) is 0 Å². The van der Waals surface area contributed by atoms with Gasteiger partial charge in [0, 0.05) is 69.0 Å². The smallest absolute Gasteiger partial charge is 0.255 e. The van der Waals surface area contributed by atoms with Gasteiger partial charge in [-0.3, -0.25) is 14.4 Å². The van der Waals surface area contributed by atoms with Crippen LogP contribution < -0.4 is 25.0 Å². The Morgan fingerprint density at radius 3 is 2.05 bits per heavy atom. The second-order valence-corrected chi connectivity index (χ2v) is 10.1. The van der Waals surface area contributed by atoms with Gasteiger partial charge < -0.3 is 34.8 Å². The second-order valence-electron chi connectivity index (χ2n) is 10.1. The van der Waals surface area contributed by atoms with Crippen LogP contribution in [-0.4, -0.2) is 94.1 Å². The first kappa shape index (κ1) is 28.9. The van der Waals surface area contributed by atoms with Gasteiger partial charge in [-0.2, -0.15) is 0 Å². The highest BCUT2D eigenvalue weighted by Gasteiger charge is 2.26. The van der Waals surface area contributed by atoms with Crippen LogP contribution in [0.5, 0.6) is 11.5 Å². The van der Waals surface area contributed by atoms with E-state index >= 15 is 0 Å². The van der Waals surface area contributed by atoms with Crippen molar-refractivity contribution in [3.05, 3.63) is 83.2 Å². The summed E-state index contributed by atoms with van der Waals surface area (Å²) in [6.45, 7) is 4.56. The molecule has 0 bridgehead atoms. The van der Waals surface area contributed by atoms with E-state index in [4.69, 9.17) is 9.47 Å². The lowest BCUT2D eigenvalue weighted by Crippen LogP contribution is -2.49. The molecule has 2 heterocycles. The highest BCUT2D eigenvalue weighted by Crippen LogP contribution is 2.31. The molecule has 0 aliphatic carbocycles. The van der Waals surface area contributed by atoms with Gasteiger partial charge in [-0.1, -0.05) is 6.07 Å². The monoisotopic (exact) mass is 575 g/mol. The van der Waals surface area contributed by atoms with Crippen LogP contribution in [-0.2, 0) is 0 Å². The van der Waals surface area contributed by atoms with E-state index in [0.29, 0.717) is 67.6 Å². The van der Waals surface area contributed by atoms with Crippen molar-refractivity contribution in [3.8, 4) is 11.5 Å². The first-order valence-corrected chi connectivity index (χ1v) is 13.8. The van der Waals surface area contributed by atoms with Crippen LogP contribution in [0.25, 0.3) is 0 Å². The minimum Gasteiger partial charge on any atom is -0.493 e. The Labute approximate surface area is 244 Å². The van der Waals surface area contributed by atoms with Crippen molar-refractivity contribution in [2.75, 3.05) is 76.8 Å². The molecule has 2 N–H and O–H groups in total. The highest BCUT2D eigenvalue weighted by atomic mass is 19.1. The number of anilines is 2. The summed E-state index contributed by atoms with van der Waals surface area (Å²) < 4.78 is 24.5. The van der Waals surface area contributed by atoms with Crippen molar-refractivity contribution < 1.29 is 28.2 Å². The van der Waals surface area contributed by atoms with Gasteiger partial charge in [-0.25, -0.2) is 4.39 Å². The number of rotatable bonds is 7. The number of halogens is 1. The molecule has 0 aromatic heterocycles. The van der Waals surface area contributed by atoms with Crippen LogP contribution in [0.1, 0.15) is 31.1 Å². The number of piperazine rings is 2. The van der Waals surface area contributed by atoms with E-state index < -0.39 is 11.7 Å². The van der Waals surface area contributed by atoms with Gasteiger partial charge in [0.05, 0.1) is 25.6 Å². The summed E-state index contributed by atoms with van der Waals surface area (Å²) in [6, 6.07) is 15.8. The third-order valence-corrected chi connectivity index (χ3v) is 7.52. The largest absolute Gasteiger partial charge is 0.493 e. The van der Waals surface area contributed by atoms with Gasteiger partial charge >= 0.3 is 0 Å². The zero-order chi connectivity index (χ0) is 29.6. The van der Waals surface area contributed by atoms with Crippen molar-refractivity contribution in [3.63, 3.8) is 0 Å². The maximum Gasteiger partial charge on any atom is 0.255 e. The topological polar surface area (TPSA) is 103 Å². The molecule has 11 heteroatoms. The van der Waals surface area contributed by atoms with Gasteiger partial charge in [0.1, 0.15) is 5.82 Å². The summed E-state index contributed by atoms with van der Waals surface area (Å²) in [6.07, 6.45) is 0. The Morgan fingerprint density at radius 2 is 1.38 bits per heavy atom. The van der Waals surface area contributed by atoms with Crippen molar-refractivity contribution in [2.24, 2.45) is 0 Å². The van der Waals surface area contributed by atoms with Gasteiger partial charge in [-0.05, 0) is 54.6 Å². The van der Waals surface area contributed by atoms with Crippen LogP contribution in [0.3, 0.4) is 0 Å². The Balaban J connectivity index is 1.35. The summed E-state index contributed by atoms with van der Waals surface area (Å²) in [7, 11) is 3.07. The molecule has 0 radical (unpaired) electrons. The molecule has 0 atom stereocenters. The van der Waals surface area contributed by atoms with E-state index in [-0.39, 0.29) is 17.4 Å². The van der Waals surface area contributed by atoms with E-state index in [9.17, 15) is 18.8 Å². The predicted octanol–water partition coefficient (Wildman–Crippen LogP) is 3.10. The average molecular weight is 576 g/mol. The predicted molar refractivity (Wildman–Crippen MR) is 157 cm³/mol. The standard InChI is InChI=1S/C31H34FN5O5/c1-41-27-9-7-23(20-28(27)42-2)31(40)37-16-14-35(15-17-37)26-8-6-22(30(39)36-12-10-33-11-13-36)19-25(26)34-29(38)21-4-3-5-24(32)18-21/h3-9,18-20,33H,10-17H2,1-2H3,(H,34,38). The number of benzene rings is 3. The second kappa shape index (κ2) is 12.9. The summed E-state index contributed by atoms with van der Waals surface area (Å²) in [5.74, 6) is -0.200. The SMILES string of the molecule is COc1ccc(C(=O)N2CCN(c3ccc(C(=O)N4CCNCC4)cc3NC(=O)c3cccc(F)c3)CC2)cc1OC. The lowest BCUT2D eigenvalue weighted by molar-refractivity contribution is 0.0731. The first-order valence-electron chi connectivity index (χ1n) is 13.8. The van der Waals surface area contributed by atoms with Crippen LogP contribution >= 0.6 is 0 Å². The van der Waals surface area contributed by atoms with E-state index in [1.165, 1.54) is 31.4 Å². The number of ether oxygens (including phenoxy) is 2. The number of carbonyl (C=O) groups is 3. The summed E-state index contributed by atoms with van der Waals surface area (Å²) >= 11 is 0. The van der Waals surface area contributed by atoms with Gasteiger partial charge in [0.15, 0.2) is 11.5 Å². The number of hydrogen-bond acceptors (Lipinski definition) is 7. The normalized spacial score (nSPS) is 15.3. The van der Waals surface area contributed by atoms with Crippen molar-refractivity contribution in [1.29, 1.82) is 0 Å². The summed E-state index contributed by atoms with van der Waals surface area (Å²) in [4.78, 5) is 45.2. The summed E-state index contributed by atoms with van der Waals surface area (Å²) in [5, 5.41) is 6.13. The van der Waals surface area contributed by atoms with Gasteiger partial charge in [0.25, 0.3) is 17.7 Å². The molecule has 42 heavy (non-hydrogen) atoms. The molecule has 0 spiro atoms. The van der Waals surface area contributed by atoms with E-state index in [1.54, 1.807) is 47.2 Å².